The number of hydrogen-bond donors (Lipinski definition) is 1. The van der Waals surface area contributed by atoms with E-state index in [9.17, 15) is 24.0 Å². The number of aromatic nitrogens is 1. The zero-order valence-corrected chi connectivity index (χ0v) is 14.1. The zero-order chi connectivity index (χ0) is 19.8. The van der Waals surface area contributed by atoms with Crippen molar-refractivity contribution in [2.24, 2.45) is 4.99 Å². The lowest BCUT2D eigenvalue weighted by molar-refractivity contribution is -0.385. The molecule has 0 saturated carbocycles. The predicted molar refractivity (Wildman–Crippen MR) is 85.3 cm³/mol. The van der Waals surface area contributed by atoms with Crippen LogP contribution in [0, 0.1) is 21.7 Å². The monoisotopic (exact) mass is 381 g/mol. The van der Waals surface area contributed by atoms with Gasteiger partial charge < -0.3 is 19.3 Å². The molecule has 2 heterocycles. The van der Waals surface area contributed by atoms with Crippen LogP contribution in [0.4, 0.5) is 14.5 Å². The Hall–Kier alpha value is -3.02. The average molecular weight is 381 g/mol. The SMILES string of the molecule is COC1N=c2c(Oc3c(F)cc([N+](=O)[O-])cc3F)ccnc2=CC1(O)OC. The van der Waals surface area contributed by atoms with E-state index >= 15 is 0 Å². The van der Waals surface area contributed by atoms with Gasteiger partial charge in [-0.15, -0.1) is 0 Å². The molecule has 0 aliphatic carbocycles. The van der Waals surface area contributed by atoms with Gasteiger partial charge in [-0.2, -0.15) is 0 Å². The maximum Gasteiger partial charge on any atom is 0.275 e. The van der Waals surface area contributed by atoms with Crippen LogP contribution in [0.25, 0.3) is 6.08 Å². The van der Waals surface area contributed by atoms with Crippen molar-refractivity contribution in [3.8, 4) is 11.5 Å². The Bertz CT molecular complexity index is 1010. The topological polar surface area (TPSA) is 116 Å². The summed E-state index contributed by atoms with van der Waals surface area (Å²) in [6.07, 6.45) is 1.30. The number of nitrogens with zero attached hydrogens (tertiary/aromatic N) is 3. The van der Waals surface area contributed by atoms with Crippen molar-refractivity contribution in [2.45, 2.75) is 12.0 Å². The van der Waals surface area contributed by atoms with Crippen LogP contribution >= 0.6 is 0 Å². The number of ether oxygens (including phenoxy) is 3. The van der Waals surface area contributed by atoms with E-state index in [0.717, 1.165) is 0 Å². The number of nitro groups is 1. The van der Waals surface area contributed by atoms with Crippen LogP contribution in [-0.4, -0.2) is 41.2 Å². The molecule has 27 heavy (non-hydrogen) atoms. The molecule has 9 nitrogen and oxygen atoms in total. The molecular weight excluding hydrogens is 368 g/mol. The van der Waals surface area contributed by atoms with Gasteiger partial charge in [-0.05, 0) is 0 Å². The minimum absolute atomic E-state index is 0.0585. The lowest BCUT2D eigenvalue weighted by atomic mass is 10.1. The molecule has 1 aliphatic heterocycles. The first-order valence-electron chi connectivity index (χ1n) is 7.46. The Morgan fingerprint density at radius 2 is 1.96 bits per heavy atom. The number of hydrogen-bond acceptors (Lipinski definition) is 8. The molecule has 0 radical (unpaired) electrons. The highest BCUT2D eigenvalue weighted by Gasteiger charge is 2.38. The van der Waals surface area contributed by atoms with Crippen molar-refractivity contribution in [3.63, 3.8) is 0 Å². The lowest BCUT2D eigenvalue weighted by Gasteiger charge is -2.30. The first kappa shape index (κ1) is 18.8. The van der Waals surface area contributed by atoms with E-state index in [1.807, 2.05) is 0 Å². The highest BCUT2D eigenvalue weighted by Crippen LogP contribution is 2.30. The molecule has 3 rings (SSSR count). The molecule has 1 N–H and O–H groups in total. The average Bonchev–Trinajstić information content (AvgIpc) is 2.63. The summed E-state index contributed by atoms with van der Waals surface area (Å²) in [4.78, 5) is 17.9. The molecule has 11 heteroatoms. The van der Waals surface area contributed by atoms with Crippen molar-refractivity contribution in [1.29, 1.82) is 0 Å². The third-order valence-electron chi connectivity index (χ3n) is 3.82. The van der Waals surface area contributed by atoms with Crippen LogP contribution in [0.2, 0.25) is 0 Å². The van der Waals surface area contributed by atoms with Gasteiger partial charge >= 0.3 is 0 Å². The summed E-state index contributed by atoms with van der Waals surface area (Å²) >= 11 is 0. The summed E-state index contributed by atoms with van der Waals surface area (Å²) in [6.45, 7) is 0. The van der Waals surface area contributed by atoms with Crippen LogP contribution < -0.4 is 15.4 Å². The molecule has 142 valence electrons. The van der Waals surface area contributed by atoms with Gasteiger partial charge in [0.25, 0.3) is 5.69 Å². The molecule has 0 spiro atoms. The van der Waals surface area contributed by atoms with E-state index in [-0.39, 0.29) is 16.5 Å². The zero-order valence-electron chi connectivity index (χ0n) is 14.1. The number of rotatable bonds is 5. The largest absolute Gasteiger partial charge is 0.449 e. The van der Waals surface area contributed by atoms with Crippen LogP contribution in [0.1, 0.15) is 0 Å². The second kappa shape index (κ2) is 6.95. The number of halogens is 2. The number of methoxy groups -OCH3 is 2. The molecule has 1 aromatic heterocycles. The van der Waals surface area contributed by atoms with E-state index in [0.29, 0.717) is 12.1 Å². The Kier molecular flexibility index (Phi) is 4.83. The van der Waals surface area contributed by atoms with Gasteiger partial charge in [0.15, 0.2) is 23.1 Å². The van der Waals surface area contributed by atoms with Crippen molar-refractivity contribution >= 4 is 11.8 Å². The van der Waals surface area contributed by atoms with Gasteiger partial charge in [-0.25, -0.2) is 13.8 Å². The number of aliphatic hydroxyl groups is 1. The molecule has 0 fully saturated rings. The lowest BCUT2D eigenvalue weighted by Crippen LogP contribution is -2.51. The minimum atomic E-state index is -1.89. The number of pyridine rings is 1. The Labute approximate surface area is 150 Å². The molecule has 1 aliphatic rings. The Morgan fingerprint density at radius 3 is 2.52 bits per heavy atom. The summed E-state index contributed by atoms with van der Waals surface area (Å²) in [6, 6.07) is 2.37. The molecule has 0 amide bonds. The quantitative estimate of drug-likeness (QED) is 0.462. The smallest absolute Gasteiger partial charge is 0.275 e. The first-order valence-corrected chi connectivity index (χ1v) is 7.46. The number of non-ortho nitro benzene ring substituents is 1. The molecular formula is C16H13F2N3O6. The minimum Gasteiger partial charge on any atom is -0.449 e. The summed E-state index contributed by atoms with van der Waals surface area (Å²) in [5, 5.41) is 21.2. The van der Waals surface area contributed by atoms with Gasteiger partial charge in [-0.3, -0.25) is 15.1 Å². The number of fused-ring (bicyclic) bond motifs is 1. The van der Waals surface area contributed by atoms with E-state index in [1.54, 1.807) is 0 Å². The Balaban J connectivity index is 2.11. The predicted octanol–water partition coefficient (Wildman–Crippen LogP) is 0.781. The van der Waals surface area contributed by atoms with Crippen LogP contribution in [0.15, 0.2) is 29.4 Å². The highest BCUT2D eigenvalue weighted by molar-refractivity contribution is 5.42. The molecule has 2 aromatic rings. The molecule has 0 bridgehead atoms. The van der Waals surface area contributed by atoms with E-state index < -0.39 is 40.0 Å². The highest BCUT2D eigenvalue weighted by atomic mass is 19.1. The summed E-state index contributed by atoms with van der Waals surface area (Å²) in [5.41, 5.74) is -0.753. The van der Waals surface area contributed by atoms with Gasteiger partial charge in [0, 0.05) is 32.6 Å². The van der Waals surface area contributed by atoms with E-state index in [4.69, 9.17) is 14.2 Å². The second-order valence-electron chi connectivity index (χ2n) is 5.46. The van der Waals surface area contributed by atoms with Crippen LogP contribution in [-0.2, 0) is 9.47 Å². The Morgan fingerprint density at radius 1 is 1.30 bits per heavy atom. The second-order valence-corrected chi connectivity index (χ2v) is 5.46. The van der Waals surface area contributed by atoms with Gasteiger partial charge in [0.05, 0.1) is 22.4 Å². The van der Waals surface area contributed by atoms with Crippen molar-refractivity contribution in [2.75, 3.05) is 14.2 Å². The summed E-state index contributed by atoms with van der Waals surface area (Å²) in [5.74, 6) is -5.35. The van der Waals surface area contributed by atoms with Gasteiger partial charge in [0.1, 0.15) is 5.36 Å². The number of nitro benzene ring substituents is 1. The normalized spacial score (nSPS) is 21.0. The summed E-state index contributed by atoms with van der Waals surface area (Å²) in [7, 11) is 2.52. The maximum absolute atomic E-state index is 14.1. The third kappa shape index (κ3) is 3.35. The fraction of sp³-hybridized carbons (Fsp3) is 0.250. The molecule has 2 unspecified atom stereocenters. The first-order chi connectivity index (χ1) is 12.8. The fourth-order valence-corrected chi connectivity index (χ4v) is 2.49. The van der Waals surface area contributed by atoms with E-state index in [1.165, 1.54) is 32.6 Å². The van der Waals surface area contributed by atoms with Gasteiger partial charge in [0.2, 0.25) is 12.0 Å². The van der Waals surface area contributed by atoms with Crippen molar-refractivity contribution < 1.29 is 33.0 Å². The van der Waals surface area contributed by atoms with Crippen LogP contribution in [0.5, 0.6) is 11.5 Å². The summed E-state index contributed by atoms with van der Waals surface area (Å²) < 4.78 is 43.5. The molecule has 2 atom stereocenters. The van der Waals surface area contributed by atoms with Gasteiger partial charge in [-0.1, -0.05) is 0 Å². The molecule has 0 saturated heterocycles. The van der Waals surface area contributed by atoms with Crippen LogP contribution in [0.3, 0.4) is 0 Å². The van der Waals surface area contributed by atoms with Crippen molar-refractivity contribution in [1.82, 2.24) is 4.98 Å². The number of benzene rings is 1. The van der Waals surface area contributed by atoms with Crippen molar-refractivity contribution in [3.05, 3.63) is 56.9 Å². The fourth-order valence-electron chi connectivity index (χ4n) is 2.49. The standard InChI is InChI=1S/C16H13F2N3O6/c1-25-15-16(22,26-2)7-11-13(20-15)12(3-4-19-11)27-14-9(17)5-8(21(23)24)6-10(14)18/h3-7,15,22H,1-2H3. The van der Waals surface area contributed by atoms with E-state index in [2.05, 4.69) is 9.98 Å². The maximum atomic E-state index is 14.1. The third-order valence-corrected chi connectivity index (χ3v) is 3.82. The molecule has 1 aromatic carbocycles.